The minimum Gasteiger partial charge on any atom is -0.306 e. The van der Waals surface area contributed by atoms with Crippen molar-refractivity contribution < 1.29 is 9.59 Å². The smallest absolute Gasteiger partial charge is 0.261 e. The van der Waals surface area contributed by atoms with Gasteiger partial charge in [-0.1, -0.05) is 369 Å². The zero-order valence-electron chi connectivity index (χ0n) is 90.8. The minimum atomic E-state index is -0.166. The van der Waals surface area contributed by atoms with Crippen LogP contribution in [0.25, 0.3) is 79.7 Å². The summed E-state index contributed by atoms with van der Waals surface area (Å²) in [6.45, 7) is 44.4. The highest BCUT2D eigenvalue weighted by atomic mass is 32.1. The monoisotopic (exact) mass is 2080 g/mol. The van der Waals surface area contributed by atoms with E-state index < -0.39 is 0 Å². The fourth-order valence-electron chi connectivity index (χ4n) is 21.5. The Labute approximate surface area is 893 Å². The van der Waals surface area contributed by atoms with Crippen LogP contribution in [0.1, 0.15) is 507 Å². The number of carbonyl (C=O) groups excluding carboxylic acids is 2. The van der Waals surface area contributed by atoms with Gasteiger partial charge < -0.3 is 9.80 Å². The summed E-state index contributed by atoms with van der Waals surface area (Å²) < 4.78 is 0. The topological polar surface area (TPSA) is 40.6 Å². The van der Waals surface area contributed by atoms with Gasteiger partial charge in [-0.2, -0.15) is 0 Å². The number of amides is 2. The lowest BCUT2D eigenvalue weighted by Crippen LogP contribution is -2.39. The summed E-state index contributed by atoms with van der Waals surface area (Å²) in [4.78, 5) is 66.5. The first kappa shape index (κ1) is 114. The Hall–Kier alpha value is -4.58. The molecule has 2 aliphatic heterocycles. The second kappa shape index (κ2) is 59.0. The Kier molecular flexibility index (Phi) is 48.1. The molecular weight excluding hydrogens is 1890 g/mol. The van der Waals surface area contributed by atoms with Crippen LogP contribution in [0.5, 0.6) is 0 Å². The highest BCUT2D eigenvalue weighted by Crippen LogP contribution is 2.58. The summed E-state index contributed by atoms with van der Waals surface area (Å²) in [6.07, 6.45) is 65.7. The quantitative estimate of drug-likeness (QED) is 0.0357. The summed E-state index contributed by atoms with van der Waals surface area (Å²) in [5.41, 5.74) is 12.0. The van der Waals surface area contributed by atoms with Gasteiger partial charge in [0.2, 0.25) is 0 Å². The Morgan fingerprint density at radius 3 is 0.921 bits per heavy atom. The van der Waals surface area contributed by atoms with E-state index >= 15 is 9.59 Å². The van der Waals surface area contributed by atoms with E-state index in [0.29, 0.717) is 47.9 Å². The summed E-state index contributed by atoms with van der Waals surface area (Å²) in [7, 11) is 0. The third kappa shape index (κ3) is 30.6. The van der Waals surface area contributed by atoms with Gasteiger partial charge in [0.05, 0.1) is 32.3 Å². The average molecular weight is 2080 g/mol. The first-order valence-electron chi connectivity index (χ1n) is 57.4. The molecule has 2 amide bonds. The van der Waals surface area contributed by atoms with Gasteiger partial charge in [-0.25, -0.2) is 0 Å². The molecule has 0 aliphatic carbocycles. The van der Waals surface area contributed by atoms with Crippen molar-refractivity contribution in [1.29, 1.82) is 0 Å². The number of fused-ring (bicyclic) bond motifs is 1. The lowest BCUT2D eigenvalue weighted by Gasteiger charge is -2.40. The molecule has 0 N–H and O–H groups in total. The molecule has 0 saturated heterocycles. The third-order valence-electron chi connectivity index (χ3n) is 31.0. The van der Waals surface area contributed by atoms with Crippen LogP contribution >= 0.6 is 113 Å². The minimum absolute atomic E-state index is 0.0510. The van der Waals surface area contributed by atoms with Crippen LogP contribution in [0.2, 0.25) is 0 Å². The van der Waals surface area contributed by atoms with E-state index in [9.17, 15) is 0 Å². The lowest BCUT2D eigenvalue weighted by molar-refractivity contribution is -0.124. The van der Waals surface area contributed by atoms with Crippen LogP contribution in [0.4, 0.5) is 0 Å². The first-order valence-corrected chi connectivity index (χ1v) is 65.6. The number of aryl methyl sites for hydroxylation is 6. The Morgan fingerprint density at radius 1 is 0.243 bits per heavy atom. The van der Waals surface area contributed by atoms with E-state index in [4.69, 9.17) is 0 Å². The molecule has 4 nitrogen and oxygen atoms in total. The molecule has 12 rings (SSSR count). The molecule has 2 unspecified atom stereocenters. The van der Waals surface area contributed by atoms with Crippen molar-refractivity contribution in [1.82, 2.24) is 9.80 Å². The molecule has 10 aromatic rings. The number of thiophene rings is 10. The van der Waals surface area contributed by atoms with E-state index in [1.807, 2.05) is 56.7 Å². The van der Waals surface area contributed by atoms with Crippen molar-refractivity contribution in [2.75, 3.05) is 13.1 Å². The van der Waals surface area contributed by atoms with Gasteiger partial charge in [-0.3, -0.25) is 9.59 Å². The Balaban J connectivity index is 0.965. The molecule has 2 atom stereocenters. The Morgan fingerprint density at radius 2 is 0.529 bits per heavy atom. The maximum Gasteiger partial charge on any atom is 0.261 e. The highest BCUT2D eigenvalue weighted by Gasteiger charge is 2.51. The standard InChI is InChI=1S/C126H184N2O2S10/c1-19-29-39-49-51-55-65-91(63-53-41-31-21-3)87-127-115(103-77-75-101(132-103)106-81-94(68-58-44-34-24-6)119(135-106)109-84-93(67-57-43-33-23-5)117(138-109)90(13)14)113-114(124(127)130)116(128(123(113)129)88-92(64-54-42-32-22-4)66-56-52-50-40-30-20-2)104-78-76-102(133-104)107-82-95(69-59-45-35-25-7)120(136-107)110-85-96(70-60-46-36-26-8)118(139-110)105-79-80-111(134-105)125(15,16)126(17,18)112-86-98(72-62-48-38-28-10)122(140-112)121-97(71-61-47-37-27-9)83-108(137-121)100-74-73-99(131-100)89(11)12/h73-86,89-92H,19-72,87-88H2,1-18H3. The van der Waals surface area contributed by atoms with Crippen LogP contribution in [0.3, 0.4) is 0 Å². The van der Waals surface area contributed by atoms with E-state index in [1.165, 1.54) is 371 Å². The predicted octanol–water partition coefficient (Wildman–Crippen LogP) is 44.7. The van der Waals surface area contributed by atoms with Crippen molar-refractivity contribution >= 4 is 137 Å². The van der Waals surface area contributed by atoms with Crippen LogP contribution in [-0.2, 0) is 58.9 Å². The molecule has 0 radical (unpaired) electrons. The maximum absolute atomic E-state index is 17.1. The molecule has 0 spiro atoms. The number of rotatable bonds is 72. The summed E-state index contributed by atoms with van der Waals surface area (Å²) in [5.74, 6) is 1.77. The lowest BCUT2D eigenvalue weighted by atomic mass is 9.66. The van der Waals surface area contributed by atoms with Gasteiger partial charge in [0, 0.05) is 112 Å². The number of hydrogen-bond donors (Lipinski definition) is 0. The summed E-state index contributed by atoms with van der Waals surface area (Å²) in [6, 6.07) is 35.0. The largest absolute Gasteiger partial charge is 0.306 e. The second-order valence-corrected chi connectivity index (χ2v) is 54.5. The highest BCUT2D eigenvalue weighted by molar-refractivity contribution is 7.30. The average Bonchev–Trinajstić information content (AvgIpc) is 1.55. The molecule has 0 saturated carbocycles. The molecule has 140 heavy (non-hydrogen) atoms. The van der Waals surface area contributed by atoms with Crippen molar-refractivity contribution in [3.63, 3.8) is 0 Å². The van der Waals surface area contributed by atoms with Crippen LogP contribution < -0.4 is 0 Å². The van der Waals surface area contributed by atoms with Gasteiger partial charge in [0.1, 0.15) is 0 Å². The first-order chi connectivity index (χ1) is 68.1. The summed E-state index contributed by atoms with van der Waals surface area (Å²) >= 11 is 20.1. The maximum atomic E-state index is 17.1. The number of nitrogens with zero attached hydrogens (tertiary/aromatic N) is 2. The van der Waals surface area contributed by atoms with E-state index in [0.717, 1.165) is 91.8 Å². The van der Waals surface area contributed by atoms with E-state index in [1.54, 1.807) is 26.4 Å². The Bertz CT molecular complexity index is 5400. The summed E-state index contributed by atoms with van der Waals surface area (Å²) in [5, 5.41) is 0. The van der Waals surface area contributed by atoms with Crippen molar-refractivity contribution in [3.05, 3.63) is 159 Å². The molecule has 12 heterocycles. The van der Waals surface area contributed by atoms with Gasteiger partial charge in [-0.15, -0.1) is 113 Å². The van der Waals surface area contributed by atoms with Crippen molar-refractivity contribution in [2.45, 2.75) is 494 Å². The van der Waals surface area contributed by atoms with E-state index in [2.05, 4.69) is 276 Å². The molecule has 0 aromatic carbocycles. The van der Waals surface area contributed by atoms with Gasteiger partial charge in [0.25, 0.3) is 11.8 Å². The molecule has 0 bridgehead atoms. The fourth-order valence-corrected chi connectivity index (χ4v) is 34.3. The van der Waals surface area contributed by atoms with E-state index in [-0.39, 0.29) is 22.6 Å². The van der Waals surface area contributed by atoms with Gasteiger partial charge in [-0.05, 0) is 245 Å². The molecular formula is C126H184N2O2S10. The third-order valence-corrected chi connectivity index (χ3v) is 45.0. The van der Waals surface area contributed by atoms with Crippen LogP contribution in [0, 0.1) is 11.8 Å². The molecule has 10 aromatic heterocycles. The van der Waals surface area contributed by atoms with Gasteiger partial charge in [0.15, 0.2) is 0 Å². The molecule has 14 heteroatoms. The van der Waals surface area contributed by atoms with Crippen LogP contribution in [0.15, 0.2) is 96.1 Å². The molecule has 0 fully saturated rings. The van der Waals surface area contributed by atoms with Crippen molar-refractivity contribution in [2.24, 2.45) is 11.8 Å². The van der Waals surface area contributed by atoms with Gasteiger partial charge >= 0.3 is 0 Å². The fraction of sp³-hybridized carbons (Fsp3) is 0.635. The molecule has 2 aliphatic rings. The predicted molar refractivity (Wildman–Crippen MR) is 635 cm³/mol. The zero-order valence-corrected chi connectivity index (χ0v) is 98.9. The molecule has 770 valence electrons. The van der Waals surface area contributed by atoms with Crippen LogP contribution in [-0.4, -0.2) is 34.7 Å². The zero-order chi connectivity index (χ0) is 99.5. The normalized spacial score (nSPS) is 13.8. The SMILES string of the molecule is CCCCCCCCC(CCCCCC)CN1C(=O)C2=C(c3ccc(-c4cc(CCCCCC)c(-c5cc(CCCCCC)c(C(C)C)s5)s4)s3)N(CC(CCCCCC)CCCCCCCC)C(=O)C2=C1c1ccc(-c2cc(CCCCCC)c(-c3cc(CCCCCC)c(-c4ccc(C(C)(C)C(C)(C)c5cc(CCCCCC)c(-c6sc(-c7ccc(C(C)C)s7)cc6CCCCCC)s5)s4)s3)s2)s1. The second-order valence-electron chi connectivity index (χ2n) is 43.8. The van der Waals surface area contributed by atoms with Crippen molar-refractivity contribution in [3.8, 4) is 68.3 Å². The number of unbranched alkanes of at least 4 members (excludes halogenated alkanes) is 34. The number of carbonyl (C=O) groups is 2. The number of hydrogen-bond acceptors (Lipinski definition) is 12.